The number of hydrogen-bond donors (Lipinski definition) is 1. The number of likely N-dealkylation sites (tertiary alicyclic amines) is 1. The van der Waals surface area contributed by atoms with Gasteiger partial charge in [-0.1, -0.05) is 0 Å². The van der Waals surface area contributed by atoms with Crippen LogP contribution >= 0.6 is 0 Å². The summed E-state index contributed by atoms with van der Waals surface area (Å²) in [4.78, 5) is 7.10. The average molecular weight is 351 g/mol. The smallest absolute Gasteiger partial charge is 0.153 e. The highest BCUT2D eigenvalue weighted by atomic mass is 19.1. The Morgan fingerprint density at radius 2 is 2.08 bits per heavy atom. The maximum absolute atomic E-state index is 14.2. The summed E-state index contributed by atoms with van der Waals surface area (Å²) in [7, 11) is 0. The lowest BCUT2D eigenvalue weighted by molar-refractivity contribution is 0.305. The second-order valence-corrected chi connectivity index (χ2v) is 8.07. The highest BCUT2D eigenvalue weighted by Crippen LogP contribution is 2.47. The molecule has 5 rings (SSSR count). The summed E-state index contributed by atoms with van der Waals surface area (Å²) < 4.78 is 14.2. The van der Waals surface area contributed by atoms with Crippen molar-refractivity contribution >= 4 is 0 Å². The van der Waals surface area contributed by atoms with Crippen molar-refractivity contribution < 1.29 is 4.39 Å². The number of benzene rings is 1. The Balaban J connectivity index is 1.35. The van der Waals surface area contributed by atoms with Crippen molar-refractivity contribution in [2.45, 2.75) is 44.1 Å². The summed E-state index contributed by atoms with van der Waals surface area (Å²) in [5.41, 5.74) is 1.12. The molecule has 3 fully saturated rings. The van der Waals surface area contributed by atoms with Crippen molar-refractivity contribution in [3.8, 4) is 6.07 Å². The number of nitrogens with zero attached hydrogens (tertiary/aromatic N) is 4. The quantitative estimate of drug-likeness (QED) is 0.897. The SMILES string of the molecule is N#Cc1ccc(F)c(CN2C[C@H](c3nc(C4CC4)n[nH]3)[C@@H](C3CC3)C2)c1. The summed E-state index contributed by atoms with van der Waals surface area (Å²) in [6.07, 6.45) is 4.98. The molecule has 0 unspecified atom stereocenters. The molecule has 2 heterocycles. The highest BCUT2D eigenvalue weighted by molar-refractivity contribution is 5.33. The van der Waals surface area contributed by atoms with Crippen LogP contribution < -0.4 is 0 Å². The highest BCUT2D eigenvalue weighted by Gasteiger charge is 2.44. The summed E-state index contributed by atoms with van der Waals surface area (Å²) in [6.45, 7) is 2.38. The van der Waals surface area contributed by atoms with Crippen LogP contribution in [-0.4, -0.2) is 33.2 Å². The predicted octanol–water partition coefficient (Wildman–Crippen LogP) is 3.32. The lowest BCUT2D eigenvalue weighted by Gasteiger charge is -2.16. The Hall–Kier alpha value is -2.26. The molecule has 1 aromatic carbocycles. The molecule has 1 aromatic heterocycles. The zero-order chi connectivity index (χ0) is 17.7. The topological polar surface area (TPSA) is 68.6 Å². The Morgan fingerprint density at radius 1 is 1.23 bits per heavy atom. The van der Waals surface area contributed by atoms with E-state index in [1.54, 1.807) is 6.07 Å². The van der Waals surface area contributed by atoms with Crippen LogP contribution in [0.3, 0.4) is 0 Å². The van der Waals surface area contributed by atoms with Crippen LogP contribution in [0.5, 0.6) is 0 Å². The maximum Gasteiger partial charge on any atom is 0.153 e. The molecular weight excluding hydrogens is 329 g/mol. The summed E-state index contributed by atoms with van der Waals surface area (Å²) in [5.74, 6) is 3.99. The van der Waals surface area contributed by atoms with Crippen LogP contribution in [0, 0.1) is 29.0 Å². The van der Waals surface area contributed by atoms with E-state index in [2.05, 4.69) is 21.2 Å². The molecule has 3 aliphatic rings. The number of aromatic nitrogens is 3. The summed E-state index contributed by atoms with van der Waals surface area (Å²) in [5, 5.41) is 16.7. The molecule has 0 spiro atoms. The molecule has 6 heteroatoms. The number of rotatable bonds is 5. The normalized spacial score (nSPS) is 26.2. The van der Waals surface area contributed by atoms with E-state index in [-0.39, 0.29) is 5.82 Å². The minimum atomic E-state index is -0.230. The Kier molecular flexibility index (Phi) is 3.79. The van der Waals surface area contributed by atoms with Crippen LogP contribution in [-0.2, 0) is 6.54 Å². The first-order chi connectivity index (χ1) is 12.7. The lowest BCUT2D eigenvalue weighted by atomic mass is 9.91. The largest absolute Gasteiger partial charge is 0.298 e. The van der Waals surface area contributed by atoms with Gasteiger partial charge in [-0.25, -0.2) is 9.37 Å². The van der Waals surface area contributed by atoms with Gasteiger partial charge in [0.05, 0.1) is 11.6 Å². The van der Waals surface area contributed by atoms with Gasteiger partial charge in [-0.3, -0.25) is 10.00 Å². The fourth-order valence-electron chi connectivity index (χ4n) is 4.32. The summed E-state index contributed by atoms with van der Waals surface area (Å²) in [6, 6.07) is 6.71. The van der Waals surface area contributed by atoms with Gasteiger partial charge in [0.15, 0.2) is 5.82 Å². The second kappa shape index (κ2) is 6.17. The van der Waals surface area contributed by atoms with Gasteiger partial charge in [-0.2, -0.15) is 10.4 Å². The molecule has 0 radical (unpaired) electrons. The van der Waals surface area contributed by atoms with Crippen LogP contribution in [0.15, 0.2) is 18.2 Å². The number of nitrogens with one attached hydrogen (secondary N) is 1. The standard InChI is InChI=1S/C20H22FN5/c21-18-6-1-12(8-22)7-15(18)9-26-10-16(13-2-3-13)17(11-26)20-23-19(24-25-20)14-4-5-14/h1,6-7,13-14,16-17H,2-5,9-11H2,(H,23,24,25)/t16-,17+/m1/s1. The molecule has 26 heavy (non-hydrogen) atoms. The lowest BCUT2D eigenvalue weighted by Crippen LogP contribution is -2.21. The Bertz CT molecular complexity index is 861. The van der Waals surface area contributed by atoms with Crippen LogP contribution in [0.4, 0.5) is 4.39 Å². The Labute approximate surface area is 152 Å². The fourth-order valence-corrected chi connectivity index (χ4v) is 4.32. The van der Waals surface area contributed by atoms with Gasteiger partial charge in [-0.05, 0) is 55.7 Å². The summed E-state index contributed by atoms with van der Waals surface area (Å²) >= 11 is 0. The predicted molar refractivity (Wildman–Crippen MR) is 93.7 cm³/mol. The zero-order valence-corrected chi connectivity index (χ0v) is 14.7. The van der Waals surface area contributed by atoms with Crippen LogP contribution in [0.25, 0.3) is 0 Å². The monoisotopic (exact) mass is 351 g/mol. The Morgan fingerprint density at radius 3 is 2.81 bits per heavy atom. The van der Waals surface area contributed by atoms with Crippen molar-refractivity contribution in [2.24, 2.45) is 11.8 Å². The van der Waals surface area contributed by atoms with Crippen LogP contribution in [0.1, 0.15) is 60.3 Å². The molecule has 2 aliphatic carbocycles. The molecule has 1 N–H and O–H groups in total. The van der Waals surface area contributed by atoms with E-state index in [9.17, 15) is 4.39 Å². The van der Waals surface area contributed by atoms with Gasteiger partial charge in [-0.15, -0.1) is 0 Å². The molecule has 0 amide bonds. The average Bonchev–Trinajstić information content (AvgIpc) is 3.58. The number of H-pyrrole nitrogens is 1. The van der Waals surface area contributed by atoms with Gasteiger partial charge < -0.3 is 0 Å². The van der Waals surface area contributed by atoms with E-state index >= 15 is 0 Å². The van der Waals surface area contributed by atoms with Crippen molar-refractivity contribution in [3.05, 3.63) is 46.8 Å². The van der Waals surface area contributed by atoms with E-state index in [0.717, 1.165) is 30.7 Å². The molecule has 134 valence electrons. The van der Waals surface area contributed by atoms with Gasteiger partial charge in [0.2, 0.25) is 0 Å². The second-order valence-electron chi connectivity index (χ2n) is 8.07. The number of hydrogen-bond acceptors (Lipinski definition) is 4. The van der Waals surface area contributed by atoms with Gasteiger partial charge >= 0.3 is 0 Å². The molecular formula is C20H22FN5. The fraction of sp³-hybridized carbons (Fsp3) is 0.550. The molecule has 1 aliphatic heterocycles. The van der Waals surface area contributed by atoms with E-state index in [1.807, 2.05) is 0 Å². The van der Waals surface area contributed by atoms with Gasteiger partial charge in [0, 0.05) is 37.0 Å². The minimum Gasteiger partial charge on any atom is -0.298 e. The first kappa shape index (κ1) is 16.0. The number of nitriles is 1. The molecule has 1 saturated heterocycles. The molecule has 5 nitrogen and oxygen atoms in total. The van der Waals surface area contributed by atoms with E-state index in [1.165, 1.54) is 37.8 Å². The first-order valence-electron chi connectivity index (χ1n) is 9.54. The van der Waals surface area contributed by atoms with Crippen molar-refractivity contribution in [2.75, 3.05) is 13.1 Å². The van der Waals surface area contributed by atoms with Gasteiger partial charge in [0.25, 0.3) is 0 Å². The molecule has 2 saturated carbocycles. The molecule has 2 atom stereocenters. The van der Waals surface area contributed by atoms with E-state index in [0.29, 0.717) is 35.4 Å². The van der Waals surface area contributed by atoms with Crippen molar-refractivity contribution in [3.63, 3.8) is 0 Å². The molecule has 0 bridgehead atoms. The minimum absolute atomic E-state index is 0.230. The number of aromatic amines is 1. The van der Waals surface area contributed by atoms with E-state index < -0.39 is 0 Å². The zero-order valence-electron chi connectivity index (χ0n) is 14.7. The van der Waals surface area contributed by atoms with Crippen LogP contribution in [0.2, 0.25) is 0 Å². The van der Waals surface area contributed by atoms with E-state index in [4.69, 9.17) is 10.2 Å². The van der Waals surface area contributed by atoms with Gasteiger partial charge in [0.1, 0.15) is 11.6 Å². The third kappa shape index (κ3) is 3.01. The van der Waals surface area contributed by atoms with Crippen molar-refractivity contribution in [1.82, 2.24) is 20.1 Å². The molecule has 2 aromatic rings. The first-order valence-corrected chi connectivity index (χ1v) is 9.54. The number of halogens is 1. The maximum atomic E-state index is 14.2. The third-order valence-corrected chi connectivity index (χ3v) is 6.05. The van der Waals surface area contributed by atoms with Crippen molar-refractivity contribution in [1.29, 1.82) is 5.26 Å². The third-order valence-electron chi connectivity index (χ3n) is 6.05.